The largest absolute Gasteiger partial charge is 0.547 e. The minimum absolute atomic E-state index is 0.0986. The van der Waals surface area contributed by atoms with E-state index >= 15 is 0 Å². The third kappa shape index (κ3) is 5.76. The molecular formula is C24H25BFN5O10. The molecule has 216 valence electrons. The second-order valence-electron chi connectivity index (χ2n) is 9.23. The fourth-order valence-electron chi connectivity index (χ4n) is 4.58. The van der Waals surface area contributed by atoms with Crippen molar-refractivity contribution in [3.05, 3.63) is 53.1 Å². The smallest absolute Gasteiger partial charge is 0.534 e. The van der Waals surface area contributed by atoms with E-state index in [0.717, 1.165) is 11.1 Å². The lowest BCUT2D eigenvalue weighted by molar-refractivity contribution is -0.156. The third-order valence-corrected chi connectivity index (χ3v) is 6.63. The maximum Gasteiger partial charge on any atom is 0.547 e. The van der Waals surface area contributed by atoms with Crippen LogP contribution in [-0.2, 0) is 20.8 Å². The fourth-order valence-corrected chi connectivity index (χ4v) is 4.58. The van der Waals surface area contributed by atoms with Gasteiger partial charge in [-0.05, 0) is 25.0 Å². The number of pyridine rings is 1. The van der Waals surface area contributed by atoms with E-state index in [2.05, 4.69) is 15.6 Å². The van der Waals surface area contributed by atoms with Crippen molar-refractivity contribution in [3.8, 4) is 11.5 Å². The molecule has 1 aromatic heterocycles. The van der Waals surface area contributed by atoms with Crippen LogP contribution in [0.25, 0.3) is 0 Å². The average molecular weight is 573 g/mol. The van der Waals surface area contributed by atoms with E-state index in [1.165, 1.54) is 18.2 Å². The number of aliphatic hydroxyl groups is 1. The first kappa shape index (κ1) is 29.2. The second-order valence-corrected chi connectivity index (χ2v) is 9.23. The summed E-state index contributed by atoms with van der Waals surface area (Å²) in [4.78, 5) is 68.5. The van der Waals surface area contributed by atoms with Gasteiger partial charge in [0.2, 0.25) is 5.91 Å². The molecule has 1 aromatic carbocycles. The first-order valence-electron chi connectivity index (χ1n) is 12.3. The van der Waals surface area contributed by atoms with Crippen molar-refractivity contribution in [3.63, 3.8) is 0 Å². The number of carbonyl (C=O) groups excluding carboxylic acids is 4. The van der Waals surface area contributed by atoms with Crippen LogP contribution in [0.2, 0.25) is 0 Å². The zero-order valence-electron chi connectivity index (χ0n) is 21.5. The Morgan fingerprint density at radius 3 is 2.63 bits per heavy atom. The summed E-state index contributed by atoms with van der Waals surface area (Å²) < 4.78 is 20.2. The Labute approximate surface area is 231 Å². The van der Waals surface area contributed by atoms with Gasteiger partial charge < -0.3 is 40.5 Å². The highest BCUT2D eigenvalue weighted by Gasteiger charge is 2.44. The van der Waals surface area contributed by atoms with E-state index < -0.39 is 78.7 Å². The van der Waals surface area contributed by atoms with Crippen molar-refractivity contribution in [2.75, 3.05) is 19.7 Å². The number of carboxylic acid groups (broad SMARTS) is 1. The van der Waals surface area contributed by atoms with Gasteiger partial charge in [0.25, 0.3) is 0 Å². The Morgan fingerprint density at radius 2 is 2.00 bits per heavy atom. The van der Waals surface area contributed by atoms with Crippen molar-refractivity contribution in [1.82, 2.24) is 25.4 Å². The fraction of sp³-hybridized carbons (Fsp3) is 0.333. The molecule has 17 heteroatoms. The Kier molecular flexibility index (Phi) is 8.39. The standard InChI is InChI=1S/C24H25BFN5O10/c1-2-30-9-12(10-32)31(22(36)21(30)35)24(39)29-18(17-15(26)7-13(33)8-27-17)20(34)28-16-6-11-4-3-5-14(23(37)38)19(11)41-25(16)40/h3-5,7-8,12,16,18,32-33,40H,2,6,9-10H2,1H3,(H,28,34)(H,29,39)(H,37,38)/t12-,16+,18?/m1/s1. The zero-order valence-corrected chi connectivity index (χ0v) is 21.5. The number of hydrogen-bond donors (Lipinski definition) is 6. The molecule has 1 fully saturated rings. The van der Waals surface area contributed by atoms with Gasteiger partial charge in [0, 0.05) is 19.2 Å². The van der Waals surface area contributed by atoms with E-state index in [1.807, 2.05) is 0 Å². The number of likely N-dealkylation sites (N-methyl/N-ethyl adjacent to an activating group) is 1. The number of benzene rings is 1. The van der Waals surface area contributed by atoms with E-state index in [-0.39, 0.29) is 30.8 Å². The van der Waals surface area contributed by atoms with Gasteiger partial charge >= 0.3 is 30.9 Å². The van der Waals surface area contributed by atoms with E-state index in [9.17, 15) is 48.7 Å². The van der Waals surface area contributed by atoms with Crippen LogP contribution >= 0.6 is 0 Å². The molecule has 1 unspecified atom stereocenters. The number of nitrogens with one attached hydrogen (secondary N) is 2. The molecule has 3 atom stereocenters. The molecule has 5 amide bonds. The van der Waals surface area contributed by atoms with Crippen LogP contribution in [0.15, 0.2) is 30.5 Å². The number of aromatic carboxylic acids is 1. The summed E-state index contributed by atoms with van der Waals surface area (Å²) in [6.07, 6.45) is 0.687. The molecule has 6 N–H and O–H groups in total. The monoisotopic (exact) mass is 573 g/mol. The number of aromatic nitrogens is 1. The third-order valence-electron chi connectivity index (χ3n) is 6.63. The zero-order chi connectivity index (χ0) is 30.0. The number of imide groups is 1. The highest BCUT2D eigenvalue weighted by atomic mass is 19.1. The van der Waals surface area contributed by atoms with Crippen molar-refractivity contribution in [2.45, 2.75) is 31.4 Å². The summed E-state index contributed by atoms with van der Waals surface area (Å²) in [7, 11) is -1.75. The molecule has 2 aromatic rings. The number of nitrogens with zero attached hydrogens (tertiary/aromatic N) is 3. The van der Waals surface area contributed by atoms with E-state index in [0.29, 0.717) is 16.5 Å². The molecule has 41 heavy (non-hydrogen) atoms. The topological polar surface area (TPSA) is 219 Å². The lowest BCUT2D eigenvalue weighted by Crippen LogP contribution is -2.65. The van der Waals surface area contributed by atoms with Crippen LogP contribution in [0, 0.1) is 5.82 Å². The lowest BCUT2D eigenvalue weighted by Gasteiger charge is -2.38. The maximum atomic E-state index is 14.8. The van der Waals surface area contributed by atoms with Crippen LogP contribution in [0.4, 0.5) is 9.18 Å². The number of fused-ring (bicyclic) bond motifs is 1. The second kappa shape index (κ2) is 11.8. The number of rotatable bonds is 7. The van der Waals surface area contributed by atoms with Crippen LogP contribution in [0.1, 0.15) is 34.6 Å². The molecule has 3 heterocycles. The first-order valence-corrected chi connectivity index (χ1v) is 12.3. The van der Waals surface area contributed by atoms with Gasteiger partial charge in [-0.1, -0.05) is 12.1 Å². The number of amides is 5. The van der Waals surface area contributed by atoms with Crippen molar-refractivity contribution in [2.24, 2.45) is 0 Å². The molecule has 4 rings (SSSR count). The molecule has 0 saturated carbocycles. The molecular weight excluding hydrogens is 548 g/mol. The normalized spacial score (nSPS) is 19.3. The van der Waals surface area contributed by atoms with Crippen LogP contribution in [-0.4, -0.2) is 104 Å². The SMILES string of the molecule is CCN1C[C@H](CO)N(C(=O)NC(C(=O)N[C@H]2Cc3cccc(C(=O)O)c3OB2O)c2ncc(O)cc2F)C(=O)C1=O. The summed E-state index contributed by atoms with van der Waals surface area (Å²) in [5, 5.41) is 43.8. The van der Waals surface area contributed by atoms with Crippen LogP contribution in [0.3, 0.4) is 0 Å². The van der Waals surface area contributed by atoms with Gasteiger partial charge in [0.15, 0.2) is 11.9 Å². The van der Waals surface area contributed by atoms with Gasteiger partial charge in [-0.3, -0.25) is 19.4 Å². The Hall–Kier alpha value is -4.77. The molecule has 1 saturated heterocycles. The predicted octanol–water partition coefficient (Wildman–Crippen LogP) is -1.43. The van der Waals surface area contributed by atoms with Crippen LogP contribution in [0.5, 0.6) is 11.5 Å². The van der Waals surface area contributed by atoms with Crippen molar-refractivity contribution in [1.29, 1.82) is 0 Å². The minimum atomic E-state index is -1.96. The van der Waals surface area contributed by atoms with Gasteiger partial charge in [0.1, 0.15) is 17.2 Å². The maximum absolute atomic E-state index is 14.8. The highest BCUT2D eigenvalue weighted by molar-refractivity contribution is 6.47. The molecule has 0 bridgehead atoms. The molecule has 0 spiro atoms. The number of aliphatic hydroxyl groups excluding tert-OH is 1. The Balaban J connectivity index is 1.62. The van der Waals surface area contributed by atoms with Gasteiger partial charge in [0.05, 0.1) is 30.4 Å². The van der Waals surface area contributed by atoms with E-state index in [1.54, 1.807) is 6.92 Å². The quantitative estimate of drug-likeness (QED) is 0.167. The molecule has 0 aliphatic carbocycles. The van der Waals surface area contributed by atoms with Crippen LogP contribution < -0.4 is 15.3 Å². The summed E-state index contributed by atoms with van der Waals surface area (Å²) in [6.45, 7) is 0.832. The number of carboxylic acids is 1. The summed E-state index contributed by atoms with van der Waals surface area (Å²) in [6, 6.07) is 0.398. The van der Waals surface area contributed by atoms with E-state index in [4.69, 9.17) is 4.65 Å². The first-order chi connectivity index (χ1) is 19.5. The van der Waals surface area contributed by atoms with Gasteiger partial charge in [-0.2, -0.15) is 0 Å². The number of para-hydroxylation sites is 1. The van der Waals surface area contributed by atoms with Gasteiger partial charge in [-0.15, -0.1) is 0 Å². The number of carbonyl (C=O) groups is 5. The van der Waals surface area contributed by atoms with Crippen molar-refractivity contribution >= 4 is 36.8 Å². The highest BCUT2D eigenvalue weighted by Crippen LogP contribution is 2.30. The summed E-state index contributed by atoms with van der Waals surface area (Å²) in [5.74, 6) is -7.85. The molecule has 0 radical (unpaired) electrons. The predicted molar refractivity (Wildman–Crippen MR) is 135 cm³/mol. The molecule has 2 aliphatic rings. The Morgan fingerprint density at radius 1 is 1.27 bits per heavy atom. The summed E-state index contributed by atoms with van der Waals surface area (Å²) >= 11 is 0. The van der Waals surface area contributed by atoms with Gasteiger partial charge in [-0.25, -0.2) is 18.9 Å². The number of aromatic hydroxyl groups is 1. The number of piperazine rings is 1. The average Bonchev–Trinajstić information content (AvgIpc) is 2.93. The number of hydrogen-bond acceptors (Lipinski definition) is 10. The van der Waals surface area contributed by atoms with Crippen molar-refractivity contribution < 1.29 is 53.4 Å². The molecule has 15 nitrogen and oxygen atoms in total. The Bertz CT molecular complexity index is 1410. The minimum Gasteiger partial charge on any atom is -0.534 e. The summed E-state index contributed by atoms with van der Waals surface area (Å²) in [5.41, 5.74) is -0.564. The molecule has 2 aliphatic heterocycles. The lowest BCUT2D eigenvalue weighted by atomic mass is 9.72. The number of urea groups is 1. The number of halogens is 1.